The first-order valence-electron chi connectivity index (χ1n) is 11.4. The number of rotatable bonds is 8. The van der Waals surface area contributed by atoms with Crippen LogP contribution >= 0.6 is 11.6 Å². The quantitative estimate of drug-likeness (QED) is 0.174. The Kier molecular flexibility index (Phi) is 7.33. The number of unbranched alkanes of at least 4 members (excludes halogenated alkanes) is 2. The monoisotopic (exact) mass is 475 g/mol. The van der Waals surface area contributed by atoms with Crippen LogP contribution in [0, 0.1) is 0 Å². The molecule has 1 heterocycles. The second kappa shape index (κ2) is 10.6. The van der Waals surface area contributed by atoms with E-state index in [9.17, 15) is 14.7 Å². The fourth-order valence-corrected chi connectivity index (χ4v) is 4.18. The molecule has 1 aliphatic rings. The van der Waals surface area contributed by atoms with E-state index in [1.807, 2.05) is 6.07 Å². The zero-order chi connectivity index (χ0) is 24.1. The van der Waals surface area contributed by atoms with Crippen molar-refractivity contribution >= 4 is 34.7 Å². The molecule has 174 valence electrons. The number of hydrogen-bond acceptors (Lipinski definition) is 4. The van der Waals surface area contributed by atoms with E-state index in [-0.39, 0.29) is 11.3 Å². The Morgan fingerprint density at radius 3 is 2.26 bits per heavy atom. The highest BCUT2D eigenvalue weighted by Crippen LogP contribution is 2.42. The molecule has 1 fully saturated rings. The number of carbonyl (C=O) groups is 2. The summed E-state index contributed by atoms with van der Waals surface area (Å²) < 4.78 is 5.74. The summed E-state index contributed by atoms with van der Waals surface area (Å²) in [5.74, 6) is -0.967. The van der Waals surface area contributed by atoms with Crippen LogP contribution in [0.15, 0.2) is 84.4 Å². The highest BCUT2D eigenvalue weighted by Gasteiger charge is 2.46. The number of Topliss-reactive ketones (excluding diaryl/α,β-unsaturated/α-hetero) is 1. The van der Waals surface area contributed by atoms with Crippen LogP contribution < -0.4 is 9.64 Å². The summed E-state index contributed by atoms with van der Waals surface area (Å²) in [6.07, 6.45) is 3.19. The average Bonchev–Trinajstić information content (AvgIpc) is 3.13. The SMILES string of the molecule is CCCCCOc1ccc(/C(O)=C2/C(=O)C(=O)N(c3ccccc3)C2c2ccc(Cl)cc2)cc1. The second-order valence-corrected chi connectivity index (χ2v) is 8.57. The Morgan fingerprint density at radius 2 is 1.62 bits per heavy atom. The summed E-state index contributed by atoms with van der Waals surface area (Å²) in [5, 5.41) is 11.7. The number of ether oxygens (including phenoxy) is 1. The predicted octanol–water partition coefficient (Wildman–Crippen LogP) is 6.54. The van der Waals surface area contributed by atoms with Crippen molar-refractivity contribution in [1.82, 2.24) is 0 Å². The molecular weight excluding hydrogens is 450 g/mol. The molecule has 0 bridgehead atoms. The van der Waals surface area contributed by atoms with E-state index in [1.165, 1.54) is 4.90 Å². The van der Waals surface area contributed by atoms with Crippen molar-refractivity contribution in [2.75, 3.05) is 11.5 Å². The molecule has 1 saturated heterocycles. The molecule has 1 atom stereocenters. The van der Waals surface area contributed by atoms with E-state index in [1.54, 1.807) is 72.8 Å². The minimum atomic E-state index is -0.787. The third-order valence-electron chi connectivity index (χ3n) is 5.81. The minimum Gasteiger partial charge on any atom is -0.507 e. The number of anilines is 1. The number of nitrogens with zero attached hydrogens (tertiary/aromatic N) is 1. The van der Waals surface area contributed by atoms with Crippen molar-refractivity contribution in [2.24, 2.45) is 0 Å². The van der Waals surface area contributed by atoms with Gasteiger partial charge < -0.3 is 9.84 Å². The maximum atomic E-state index is 13.2. The van der Waals surface area contributed by atoms with Crippen molar-refractivity contribution in [3.63, 3.8) is 0 Å². The standard InChI is InChI=1S/C28H26ClNO4/c1-2-3-7-18-34-23-16-12-20(13-17-23)26(31)24-25(19-10-14-21(29)15-11-19)30(28(33)27(24)32)22-8-5-4-6-9-22/h4-6,8-17,25,31H,2-3,7,18H2,1H3/b26-24-. The van der Waals surface area contributed by atoms with Gasteiger partial charge in [-0.25, -0.2) is 0 Å². The molecule has 5 nitrogen and oxygen atoms in total. The summed E-state index contributed by atoms with van der Waals surface area (Å²) in [4.78, 5) is 27.7. The molecule has 0 aliphatic carbocycles. The van der Waals surface area contributed by atoms with E-state index >= 15 is 0 Å². The minimum absolute atomic E-state index is 0.0350. The van der Waals surface area contributed by atoms with Gasteiger partial charge in [0.25, 0.3) is 11.7 Å². The summed E-state index contributed by atoms with van der Waals surface area (Å²) in [7, 11) is 0. The van der Waals surface area contributed by atoms with Crippen molar-refractivity contribution in [1.29, 1.82) is 0 Å². The molecule has 1 unspecified atom stereocenters. The van der Waals surface area contributed by atoms with E-state index in [4.69, 9.17) is 16.3 Å². The first kappa shape index (κ1) is 23.6. The van der Waals surface area contributed by atoms with E-state index in [0.717, 1.165) is 19.3 Å². The lowest BCUT2D eigenvalue weighted by molar-refractivity contribution is -0.132. The fourth-order valence-electron chi connectivity index (χ4n) is 4.05. The van der Waals surface area contributed by atoms with Crippen LogP contribution in [0.5, 0.6) is 5.75 Å². The normalized spacial score (nSPS) is 17.2. The topological polar surface area (TPSA) is 66.8 Å². The Balaban J connectivity index is 1.74. The van der Waals surface area contributed by atoms with Crippen LogP contribution in [0.4, 0.5) is 5.69 Å². The summed E-state index contributed by atoms with van der Waals surface area (Å²) in [6, 6.07) is 22.0. The molecule has 0 aromatic heterocycles. The van der Waals surface area contributed by atoms with Crippen molar-refractivity contribution in [3.8, 4) is 5.75 Å². The lowest BCUT2D eigenvalue weighted by atomic mass is 9.95. The Bertz CT molecular complexity index is 1190. The van der Waals surface area contributed by atoms with Gasteiger partial charge >= 0.3 is 0 Å². The summed E-state index contributed by atoms with van der Waals surface area (Å²) in [5.41, 5.74) is 1.71. The zero-order valence-corrected chi connectivity index (χ0v) is 19.7. The largest absolute Gasteiger partial charge is 0.507 e. The highest BCUT2D eigenvalue weighted by molar-refractivity contribution is 6.51. The molecule has 1 amide bonds. The number of ketones is 1. The number of carbonyl (C=O) groups excluding carboxylic acids is 2. The summed E-state index contributed by atoms with van der Waals surface area (Å²) >= 11 is 6.07. The number of hydrogen-bond donors (Lipinski definition) is 1. The van der Waals surface area contributed by atoms with Gasteiger partial charge in [-0.3, -0.25) is 14.5 Å². The molecule has 1 N–H and O–H groups in total. The fraction of sp³-hybridized carbons (Fsp3) is 0.214. The van der Waals surface area contributed by atoms with E-state index in [2.05, 4.69) is 6.92 Å². The van der Waals surface area contributed by atoms with Gasteiger partial charge in [-0.05, 0) is 60.5 Å². The molecule has 4 rings (SSSR count). The third kappa shape index (κ3) is 4.85. The van der Waals surface area contributed by atoms with Crippen LogP contribution in [-0.2, 0) is 9.59 Å². The maximum absolute atomic E-state index is 13.2. The maximum Gasteiger partial charge on any atom is 0.300 e. The molecule has 0 radical (unpaired) electrons. The smallest absolute Gasteiger partial charge is 0.300 e. The average molecular weight is 476 g/mol. The predicted molar refractivity (Wildman–Crippen MR) is 134 cm³/mol. The van der Waals surface area contributed by atoms with Crippen LogP contribution in [0.2, 0.25) is 5.02 Å². The Hall–Kier alpha value is -3.57. The lowest BCUT2D eigenvalue weighted by Crippen LogP contribution is -2.29. The lowest BCUT2D eigenvalue weighted by Gasteiger charge is -2.25. The van der Waals surface area contributed by atoms with Crippen LogP contribution in [0.25, 0.3) is 5.76 Å². The molecule has 3 aromatic carbocycles. The Labute approximate surface area is 204 Å². The zero-order valence-electron chi connectivity index (χ0n) is 18.9. The molecule has 6 heteroatoms. The number of benzene rings is 3. The van der Waals surface area contributed by atoms with Gasteiger partial charge in [0, 0.05) is 16.3 Å². The molecule has 3 aromatic rings. The number of halogens is 1. The van der Waals surface area contributed by atoms with Gasteiger partial charge in [0.2, 0.25) is 0 Å². The second-order valence-electron chi connectivity index (χ2n) is 8.14. The molecule has 34 heavy (non-hydrogen) atoms. The third-order valence-corrected chi connectivity index (χ3v) is 6.06. The van der Waals surface area contributed by atoms with E-state index in [0.29, 0.717) is 34.2 Å². The number of amides is 1. The van der Waals surface area contributed by atoms with Crippen molar-refractivity contribution in [2.45, 2.75) is 32.2 Å². The van der Waals surface area contributed by atoms with E-state index < -0.39 is 17.7 Å². The van der Waals surface area contributed by atoms with Gasteiger partial charge in [0.05, 0.1) is 18.2 Å². The van der Waals surface area contributed by atoms with Gasteiger partial charge in [0.1, 0.15) is 11.5 Å². The van der Waals surface area contributed by atoms with Crippen molar-refractivity contribution < 1.29 is 19.4 Å². The number of aliphatic hydroxyl groups is 1. The van der Waals surface area contributed by atoms with Crippen molar-refractivity contribution in [3.05, 3.63) is 101 Å². The summed E-state index contributed by atoms with van der Waals surface area (Å²) in [6.45, 7) is 2.76. The van der Waals surface area contributed by atoms with Gasteiger partial charge in [-0.1, -0.05) is 61.7 Å². The van der Waals surface area contributed by atoms with Crippen LogP contribution in [-0.4, -0.2) is 23.4 Å². The molecular formula is C28H26ClNO4. The number of para-hydroxylation sites is 1. The molecule has 1 aliphatic heterocycles. The number of aliphatic hydroxyl groups excluding tert-OH is 1. The van der Waals surface area contributed by atoms with Gasteiger partial charge in [-0.2, -0.15) is 0 Å². The van der Waals surface area contributed by atoms with Crippen LogP contribution in [0.1, 0.15) is 43.4 Å². The molecule has 0 saturated carbocycles. The van der Waals surface area contributed by atoms with Crippen LogP contribution in [0.3, 0.4) is 0 Å². The Morgan fingerprint density at radius 1 is 0.941 bits per heavy atom. The first-order chi connectivity index (χ1) is 16.5. The highest BCUT2D eigenvalue weighted by atomic mass is 35.5. The van der Waals surface area contributed by atoms with Gasteiger partial charge in [-0.15, -0.1) is 0 Å². The van der Waals surface area contributed by atoms with Gasteiger partial charge in [0.15, 0.2) is 0 Å². The molecule has 0 spiro atoms. The first-order valence-corrected chi connectivity index (χ1v) is 11.7.